The van der Waals surface area contributed by atoms with Crippen LogP contribution in [0.3, 0.4) is 0 Å². The number of aryl methyl sites for hydroxylation is 1. The van der Waals surface area contributed by atoms with E-state index in [0.717, 1.165) is 17.1 Å². The molecule has 0 aliphatic rings. The van der Waals surface area contributed by atoms with Crippen LogP contribution in [-0.4, -0.2) is 17.6 Å². The summed E-state index contributed by atoms with van der Waals surface area (Å²) in [6, 6.07) is 12.1. The van der Waals surface area contributed by atoms with Gasteiger partial charge in [0.2, 0.25) is 0 Å². The van der Waals surface area contributed by atoms with Crippen LogP contribution in [0, 0.1) is 6.92 Å². The van der Waals surface area contributed by atoms with E-state index >= 15 is 0 Å². The number of furan rings is 1. The predicted molar refractivity (Wildman–Crippen MR) is 77.5 cm³/mol. The number of carboxylic acids is 1. The van der Waals surface area contributed by atoms with Gasteiger partial charge in [-0.2, -0.15) is 0 Å². The van der Waals surface area contributed by atoms with Gasteiger partial charge in [-0.05, 0) is 32.0 Å². The van der Waals surface area contributed by atoms with Crippen molar-refractivity contribution in [2.24, 2.45) is 0 Å². The fourth-order valence-corrected chi connectivity index (χ4v) is 1.92. The van der Waals surface area contributed by atoms with Gasteiger partial charge in [0.1, 0.15) is 11.5 Å². The van der Waals surface area contributed by atoms with Gasteiger partial charge >= 0.3 is 5.97 Å². The van der Waals surface area contributed by atoms with Crippen molar-refractivity contribution in [3.05, 3.63) is 47.7 Å². The van der Waals surface area contributed by atoms with E-state index in [0.29, 0.717) is 19.5 Å². The molecule has 0 bridgehead atoms. The first-order valence-electron chi connectivity index (χ1n) is 6.73. The molecule has 0 unspecified atom stereocenters. The molecule has 2 rings (SSSR count). The molecule has 2 aromatic rings. The Balaban J connectivity index is 1.83. The molecule has 0 atom stereocenters. The predicted octanol–water partition coefficient (Wildman–Crippen LogP) is 3.21. The van der Waals surface area contributed by atoms with Crippen LogP contribution >= 0.6 is 0 Å². The Hall–Kier alpha value is -2.07. The lowest BCUT2D eigenvalue weighted by Crippen LogP contribution is -2.15. The molecule has 2 N–H and O–H groups in total. The maximum absolute atomic E-state index is 10.4. The van der Waals surface area contributed by atoms with Gasteiger partial charge in [-0.3, -0.25) is 4.79 Å². The number of hydrogen-bond donors (Lipinski definition) is 2. The molecule has 0 spiro atoms. The third kappa shape index (κ3) is 4.24. The van der Waals surface area contributed by atoms with E-state index in [1.807, 2.05) is 24.3 Å². The number of rotatable bonds is 7. The van der Waals surface area contributed by atoms with Crippen LogP contribution < -0.4 is 5.32 Å². The van der Waals surface area contributed by atoms with E-state index in [2.05, 4.69) is 24.4 Å². The van der Waals surface area contributed by atoms with E-state index in [1.54, 1.807) is 0 Å². The van der Waals surface area contributed by atoms with Gasteiger partial charge in [0.05, 0.1) is 6.54 Å². The Labute approximate surface area is 118 Å². The highest BCUT2D eigenvalue weighted by atomic mass is 16.4. The average Bonchev–Trinajstić information content (AvgIpc) is 2.87. The minimum Gasteiger partial charge on any atom is -0.481 e. The fourth-order valence-electron chi connectivity index (χ4n) is 1.92. The SMILES string of the molecule is Cc1ccc(-c2ccc(CNCCCC(=O)O)o2)cc1. The molecule has 0 radical (unpaired) electrons. The number of hydrogen-bond acceptors (Lipinski definition) is 3. The Morgan fingerprint density at radius 3 is 2.65 bits per heavy atom. The lowest BCUT2D eigenvalue weighted by atomic mass is 10.1. The molecule has 0 aliphatic heterocycles. The third-order valence-electron chi connectivity index (χ3n) is 3.04. The summed E-state index contributed by atoms with van der Waals surface area (Å²) in [4.78, 5) is 10.4. The van der Waals surface area contributed by atoms with Crippen molar-refractivity contribution in [3.63, 3.8) is 0 Å². The van der Waals surface area contributed by atoms with Crippen LogP contribution in [0.1, 0.15) is 24.2 Å². The van der Waals surface area contributed by atoms with Gasteiger partial charge in [0.25, 0.3) is 0 Å². The van der Waals surface area contributed by atoms with Crippen LogP contribution in [0.5, 0.6) is 0 Å². The first-order valence-corrected chi connectivity index (χ1v) is 6.73. The van der Waals surface area contributed by atoms with E-state index in [9.17, 15) is 4.79 Å². The molecule has 20 heavy (non-hydrogen) atoms. The van der Waals surface area contributed by atoms with Crippen molar-refractivity contribution in [3.8, 4) is 11.3 Å². The second-order valence-corrected chi connectivity index (χ2v) is 4.81. The largest absolute Gasteiger partial charge is 0.481 e. The van der Waals surface area contributed by atoms with Gasteiger partial charge in [0.15, 0.2) is 0 Å². The summed E-state index contributed by atoms with van der Waals surface area (Å²) in [5, 5.41) is 11.7. The van der Waals surface area contributed by atoms with Crippen LogP contribution in [0.4, 0.5) is 0 Å². The second kappa shape index (κ2) is 6.91. The summed E-state index contributed by atoms with van der Waals surface area (Å²) < 4.78 is 5.76. The highest BCUT2D eigenvalue weighted by molar-refractivity contribution is 5.66. The molecule has 1 aromatic heterocycles. The first kappa shape index (κ1) is 14.3. The van der Waals surface area contributed by atoms with Gasteiger partial charge in [0, 0.05) is 12.0 Å². The highest BCUT2D eigenvalue weighted by Gasteiger charge is 2.04. The molecule has 4 heteroatoms. The number of benzene rings is 1. The van der Waals surface area contributed by atoms with Crippen LogP contribution in [0.2, 0.25) is 0 Å². The average molecular weight is 273 g/mol. The van der Waals surface area contributed by atoms with Crippen LogP contribution in [0.25, 0.3) is 11.3 Å². The van der Waals surface area contributed by atoms with Crippen LogP contribution in [0.15, 0.2) is 40.8 Å². The maximum atomic E-state index is 10.4. The minimum atomic E-state index is -0.758. The fraction of sp³-hybridized carbons (Fsp3) is 0.312. The number of carbonyl (C=O) groups is 1. The molecule has 0 fully saturated rings. The van der Waals surface area contributed by atoms with Crippen molar-refractivity contribution < 1.29 is 14.3 Å². The van der Waals surface area contributed by atoms with E-state index in [-0.39, 0.29) is 6.42 Å². The molecule has 0 saturated heterocycles. The highest BCUT2D eigenvalue weighted by Crippen LogP contribution is 2.22. The normalized spacial score (nSPS) is 10.7. The van der Waals surface area contributed by atoms with E-state index in [1.165, 1.54) is 5.56 Å². The molecular weight excluding hydrogens is 254 g/mol. The van der Waals surface area contributed by atoms with Crippen molar-refractivity contribution in [2.75, 3.05) is 6.54 Å². The van der Waals surface area contributed by atoms with Gasteiger partial charge < -0.3 is 14.8 Å². The van der Waals surface area contributed by atoms with Crippen molar-refractivity contribution in [1.29, 1.82) is 0 Å². The monoisotopic (exact) mass is 273 g/mol. The zero-order chi connectivity index (χ0) is 14.4. The molecule has 1 aromatic carbocycles. The summed E-state index contributed by atoms with van der Waals surface area (Å²) in [6.45, 7) is 3.34. The zero-order valence-electron chi connectivity index (χ0n) is 11.6. The lowest BCUT2D eigenvalue weighted by molar-refractivity contribution is -0.137. The Morgan fingerprint density at radius 1 is 1.20 bits per heavy atom. The van der Waals surface area contributed by atoms with Crippen LogP contribution in [-0.2, 0) is 11.3 Å². The molecule has 1 heterocycles. The van der Waals surface area contributed by atoms with Gasteiger partial charge in [-0.15, -0.1) is 0 Å². The Morgan fingerprint density at radius 2 is 1.95 bits per heavy atom. The molecule has 106 valence electrons. The topological polar surface area (TPSA) is 62.5 Å². The Kier molecular flexibility index (Phi) is 4.96. The number of nitrogens with one attached hydrogen (secondary N) is 1. The number of aliphatic carboxylic acids is 1. The quantitative estimate of drug-likeness (QED) is 0.760. The summed E-state index contributed by atoms with van der Waals surface area (Å²) in [5.41, 5.74) is 2.29. The van der Waals surface area contributed by atoms with E-state index in [4.69, 9.17) is 9.52 Å². The Bertz CT molecular complexity index is 557. The minimum absolute atomic E-state index is 0.194. The summed E-state index contributed by atoms with van der Waals surface area (Å²) in [5.74, 6) is 0.953. The third-order valence-corrected chi connectivity index (χ3v) is 3.04. The standard InChI is InChI=1S/C16H19NO3/c1-12-4-6-13(7-5-12)15-9-8-14(20-15)11-17-10-2-3-16(18)19/h4-9,17H,2-3,10-11H2,1H3,(H,18,19). The summed E-state index contributed by atoms with van der Waals surface area (Å²) in [6.07, 6.45) is 0.820. The van der Waals surface area contributed by atoms with E-state index < -0.39 is 5.97 Å². The number of carboxylic acid groups (broad SMARTS) is 1. The molecule has 0 aliphatic carbocycles. The second-order valence-electron chi connectivity index (χ2n) is 4.81. The van der Waals surface area contributed by atoms with Crippen molar-refractivity contribution in [2.45, 2.75) is 26.3 Å². The summed E-state index contributed by atoms with van der Waals surface area (Å²) >= 11 is 0. The van der Waals surface area contributed by atoms with Crippen molar-refractivity contribution >= 4 is 5.97 Å². The summed E-state index contributed by atoms with van der Waals surface area (Å²) in [7, 11) is 0. The smallest absolute Gasteiger partial charge is 0.303 e. The lowest BCUT2D eigenvalue weighted by Gasteiger charge is -2.01. The first-order chi connectivity index (χ1) is 9.65. The molecule has 0 saturated carbocycles. The zero-order valence-corrected chi connectivity index (χ0v) is 11.6. The maximum Gasteiger partial charge on any atom is 0.303 e. The van der Waals surface area contributed by atoms with Gasteiger partial charge in [-0.1, -0.05) is 29.8 Å². The molecule has 4 nitrogen and oxygen atoms in total. The molecular formula is C16H19NO3. The molecule has 0 amide bonds. The van der Waals surface area contributed by atoms with Crippen molar-refractivity contribution in [1.82, 2.24) is 5.32 Å². The van der Waals surface area contributed by atoms with Gasteiger partial charge in [-0.25, -0.2) is 0 Å².